The molecule has 4 heteroatoms. The number of nitrogens with two attached hydrogens (primary N) is 1. The zero-order valence-corrected chi connectivity index (χ0v) is 8.31. The van der Waals surface area contributed by atoms with Gasteiger partial charge in [-0.05, 0) is 11.6 Å². The summed E-state index contributed by atoms with van der Waals surface area (Å²) in [6.45, 7) is 1.02. The summed E-state index contributed by atoms with van der Waals surface area (Å²) in [7, 11) is 0. The van der Waals surface area contributed by atoms with Crippen molar-refractivity contribution < 1.29 is 14.3 Å². The molecule has 2 rings (SSSR count). The second-order valence-corrected chi connectivity index (χ2v) is 3.52. The number of rotatable bonds is 3. The van der Waals surface area contributed by atoms with E-state index in [9.17, 15) is 4.79 Å². The Balaban J connectivity index is 1.90. The van der Waals surface area contributed by atoms with Crippen LogP contribution < -0.4 is 5.73 Å². The maximum absolute atomic E-state index is 11.4. The zero-order valence-electron chi connectivity index (χ0n) is 8.31. The summed E-state index contributed by atoms with van der Waals surface area (Å²) in [6.07, 6.45) is 0.158. The first-order chi connectivity index (χ1) is 7.25. The van der Waals surface area contributed by atoms with E-state index in [4.69, 9.17) is 15.2 Å². The van der Waals surface area contributed by atoms with Crippen molar-refractivity contribution in [2.24, 2.45) is 0 Å². The first-order valence-corrected chi connectivity index (χ1v) is 4.86. The Hall–Kier alpha value is -1.55. The van der Waals surface area contributed by atoms with Gasteiger partial charge in [-0.25, -0.2) is 0 Å². The Labute approximate surface area is 88.0 Å². The highest BCUT2D eigenvalue weighted by atomic mass is 16.6. The van der Waals surface area contributed by atoms with Gasteiger partial charge in [-0.2, -0.15) is 0 Å². The van der Waals surface area contributed by atoms with Gasteiger partial charge in [0.2, 0.25) is 0 Å². The van der Waals surface area contributed by atoms with Crippen LogP contribution in [0.5, 0.6) is 0 Å². The maximum Gasteiger partial charge on any atom is 0.310 e. The van der Waals surface area contributed by atoms with Gasteiger partial charge in [0, 0.05) is 5.69 Å². The summed E-state index contributed by atoms with van der Waals surface area (Å²) < 4.78 is 10.0. The summed E-state index contributed by atoms with van der Waals surface area (Å²) in [4.78, 5) is 11.4. The fourth-order valence-corrected chi connectivity index (χ4v) is 1.36. The van der Waals surface area contributed by atoms with Gasteiger partial charge < -0.3 is 15.2 Å². The Kier molecular flexibility index (Phi) is 2.87. The van der Waals surface area contributed by atoms with Crippen molar-refractivity contribution in [1.29, 1.82) is 0 Å². The van der Waals surface area contributed by atoms with E-state index < -0.39 is 0 Å². The first-order valence-electron chi connectivity index (χ1n) is 4.86. The SMILES string of the molecule is Nc1ccccc1CC(=O)OC1COC1. The number of carbonyl (C=O) groups excluding carboxylic acids is 1. The minimum atomic E-state index is -0.249. The van der Waals surface area contributed by atoms with Crippen molar-refractivity contribution in [3.8, 4) is 0 Å². The monoisotopic (exact) mass is 207 g/mol. The lowest BCUT2D eigenvalue weighted by atomic mass is 10.1. The lowest BCUT2D eigenvalue weighted by Gasteiger charge is -2.25. The molecular formula is C11H13NO3. The molecule has 0 radical (unpaired) electrons. The molecule has 1 saturated heterocycles. The second kappa shape index (κ2) is 4.31. The molecule has 4 nitrogen and oxygen atoms in total. The minimum Gasteiger partial charge on any atom is -0.457 e. The molecule has 1 heterocycles. The smallest absolute Gasteiger partial charge is 0.310 e. The molecule has 1 fully saturated rings. The summed E-state index contributed by atoms with van der Waals surface area (Å²) in [5.41, 5.74) is 7.15. The van der Waals surface area contributed by atoms with Crippen LogP contribution >= 0.6 is 0 Å². The third-order valence-electron chi connectivity index (χ3n) is 2.30. The Morgan fingerprint density at radius 3 is 2.80 bits per heavy atom. The average Bonchev–Trinajstić information content (AvgIpc) is 2.16. The van der Waals surface area contributed by atoms with Gasteiger partial charge in [0.1, 0.15) is 6.10 Å². The fraction of sp³-hybridized carbons (Fsp3) is 0.364. The molecule has 0 atom stereocenters. The van der Waals surface area contributed by atoms with Crippen LogP contribution in [-0.2, 0) is 20.7 Å². The average molecular weight is 207 g/mol. The van der Waals surface area contributed by atoms with Crippen LogP contribution in [-0.4, -0.2) is 25.3 Å². The molecule has 80 valence electrons. The molecule has 2 N–H and O–H groups in total. The van der Waals surface area contributed by atoms with E-state index in [0.29, 0.717) is 18.9 Å². The molecule has 15 heavy (non-hydrogen) atoms. The third kappa shape index (κ3) is 2.47. The number of ether oxygens (including phenoxy) is 2. The molecule has 0 amide bonds. The highest BCUT2D eigenvalue weighted by Gasteiger charge is 2.22. The molecule has 1 aliphatic heterocycles. The van der Waals surface area contributed by atoms with E-state index in [0.717, 1.165) is 5.56 Å². The van der Waals surface area contributed by atoms with Crippen molar-refractivity contribution in [3.05, 3.63) is 29.8 Å². The van der Waals surface area contributed by atoms with E-state index in [1.807, 2.05) is 18.2 Å². The van der Waals surface area contributed by atoms with Crippen LogP contribution in [0.4, 0.5) is 5.69 Å². The summed E-state index contributed by atoms with van der Waals surface area (Å²) >= 11 is 0. The first kappa shape index (κ1) is 9.98. The van der Waals surface area contributed by atoms with Crippen molar-refractivity contribution in [2.75, 3.05) is 18.9 Å². The Bertz CT molecular complexity index is 361. The highest BCUT2D eigenvalue weighted by Crippen LogP contribution is 2.13. The van der Waals surface area contributed by atoms with E-state index in [1.54, 1.807) is 6.07 Å². The van der Waals surface area contributed by atoms with Crippen LogP contribution in [0.3, 0.4) is 0 Å². The van der Waals surface area contributed by atoms with Crippen molar-refractivity contribution in [3.63, 3.8) is 0 Å². The van der Waals surface area contributed by atoms with Gasteiger partial charge in [-0.1, -0.05) is 18.2 Å². The van der Waals surface area contributed by atoms with E-state index in [1.165, 1.54) is 0 Å². The second-order valence-electron chi connectivity index (χ2n) is 3.52. The Morgan fingerprint density at radius 2 is 2.20 bits per heavy atom. The number of hydrogen-bond donors (Lipinski definition) is 1. The summed E-state index contributed by atoms with van der Waals surface area (Å²) in [6, 6.07) is 7.29. The van der Waals surface area contributed by atoms with Crippen molar-refractivity contribution in [1.82, 2.24) is 0 Å². The quantitative estimate of drug-likeness (QED) is 0.587. The summed E-state index contributed by atoms with van der Waals surface area (Å²) in [5, 5.41) is 0. The molecule has 0 aliphatic carbocycles. The lowest BCUT2D eigenvalue weighted by molar-refractivity contribution is -0.171. The van der Waals surface area contributed by atoms with Gasteiger partial charge in [0.25, 0.3) is 0 Å². The lowest BCUT2D eigenvalue weighted by Crippen LogP contribution is -2.38. The number of esters is 1. The molecule has 0 unspecified atom stereocenters. The topological polar surface area (TPSA) is 61.6 Å². The molecular weight excluding hydrogens is 194 g/mol. The zero-order chi connectivity index (χ0) is 10.7. The molecule has 0 bridgehead atoms. The predicted molar refractivity (Wildman–Crippen MR) is 55.3 cm³/mol. The van der Waals surface area contributed by atoms with E-state index in [2.05, 4.69) is 0 Å². The standard InChI is InChI=1S/C11H13NO3/c12-10-4-2-1-3-8(10)5-11(13)15-9-6-14-7-9/h1-4,9H,5-7,12H2. The molecule has 1 aromatic carbocycles. The molecule has 1 aliphatic rings. The van der Waals surface area contributed by atoms with Crippen LogP contribution in [0.1, 0.15) is 5.56 Å². The van der Waals surface area contributed by atoms with Crippen LogP contribution in [0, 0.1) is 0 Å². The number of benzene rings is 1. The number of carbonyl (C=O) groups is 1. The van der Waals surface area contributed by atoms with E-state index >= 15 is 0 Å². The van der Waals surface area contributed by atoms with E-state index in [-0.39, 0.29) is 18.5 Å². The number of anilines is 1. The summed E-state index contributed by atoms with van der Waals surface area (Å²) in [5.74, 6) is -0.249. The minimum absolute atomic E-state index is 0.0672. The number of nitrogen functional groups attached to an aromatic ring is 1. The van der Waals surface area contributed by atoms with Gasteiger partial charge >= 0.3 is 5.97 Å². The number of hydrogen-bond acceptors (Lipinski definition) is 4. The molecule has 0 aromatic heterocycles. The molecule has 1 aromatic rings. The van der Waals surface area contributed by atoms with Crippen LogP contribution in [0.15, 0.2) is 24.3 Å². The highest BCUT2D eigenvalue weighted by molar-refractivity contribution is 5.75. The molecule has 0 saturated carbocycles. The molecule has 0 spiro atoms. The van der Waals surface area contributed by atoms with Gasteiger partial charge in [0.05, 0.1) is 19.6 Å². The number of para-hydroxylation sites is 1. The van der Waals surface area contributed by atoms with Crippen LogP contribution in [0.25, 0.3) is 0 Å². The van der Waals surface area contributed by atoms with Crippen molar-refractivity contribution in [2.45, 2.75) is 12.5 Å². The Morgan fingerprint density at radius 1 is 1.47 bits per heavy atom. The maximum atomic E-state index is 11.4. The van der Waals surface area contributed by atoms with Crippen LogP contribution in [0.2, 0.25) is 0 Å². The van der Waals surface area contributed by atoms with Gasteiger partial charge in [-0.15, -0.1) is 0 Å². The van der Waals surface area contributed by atoms with Gasteiger partial charge in [-0.3, -0.25) is 4.79 Å². The largest absolute Gasteiger partial charge is 0.457 e. The van der Waals surface area contributed by atoms with Crippen molar-refractivity contribution >= 4 is 11.7 Å². The third-order valence-corrected chi connectivity index (χ3v) is 2.30. The van der Waals surface area contributed by atoms with Gasteiger partial charge in [0.15, 0.2) is 0 Å². The predicted octanol–water partition coefficient (Wildman–Crippen LogP) is 0.753. The fourth-order valence-electron chi connectivity index (χ4n) is 1.36. The normalized spacial score (nSPS) is 15.7.